The summed E-state index contributed by atoms with van der Waals surface area (Å²) in [4.78, 5) is 27.5. The Kier molecular flexibility index (Phi) is 10.8. The third-order valence-electron chi connectivity index (χ3n) is 8.59. The summed E-state index contributed by atoms with van der Waals surface area (Å²) in [7, 11) is -3.48. The van der Waals surface area contributed by atoms with Crippen LogP contribution >= 0.6 is 0 Å². The fourth-order valence-electron chi connectivity index (χ4n) is 6.08. The van der Waals surface area contributed by atoms with Gasteiger partial charge in [0.15, 0.2) is 9.84 Å². The molecule has 2 aromatic carbocycles. The lowest BCUT2D eigenvalue weighted by atomic mass is 9.85. The average Bonchev–Trinajstić information content (AvgIpc) is 3.44. The molecule has 0 bridgehead atoms. The number of ether oxygens (including phenoxy) is 1. The van der Waals surface area contributed by atoms with Gasteiger partial charge in [0, 0.05) is 49.0 Å². The van der Waals surface area contributed by atoms with Crippen molar-refractivity contribution in [3.05, 3.63) is 59.2 Å². The summed E-state index contributed by atoms with van der Waals surface area (Å²) in [5.74, 6) is -5.33. The molecule has 1 heterocycles. The third-order valence-corrected chi connectivity index (χ3v) is 10.3. The van der Waals surface area contributed by atoms with Crippen molar-refractivity contribution in [2.75, 3.05) is 23.8 Å². The Morgan fingerprint density at radius 3 is 2.40 bits per heavy atom. The molecular formula is C31H36F4N4O5S. The van der Waals surface area contributed by atoms with Crippen molar-refractivity contribution in [3.8, 4) is 6.07 Å². The van der Waals surface area contributed by atoms with Crippen LogP contribution in [0.15, 0.2) is 47.4 Å². The maximum atomic E-state index is 13.6. The molecule has 2 aliphatic rings. The van der Waals surface area contributed by atoms with E-state index in [0.717, 1.165) is 0 Å². The molecule has 0 radical (unpaired) electrons. The molecule has 2 amide bonds. The predicted octanol–water partition coefficient (Wildman–Crippen LogP) is 4.75. The van der Waals surface area contributed by atoms with Crippen LogP contribution in [0.1, 0.15) is 72.9 Å². The molecule has 3 atom stereocenters. The maximum Gasteiger partial charge on any atom is 0.345 e. The van der Waals surface area contributed by atoms with Crippen molar-refractivity contribution >= 4 is 27.3 Å². The summed E-state index contributed by atoms with van der Waals surface area (Å²) in [6.07, 6.45) is -0.311. The second kappa shape index (κ2) is 14.2. The van der Waals surface area contributed by atoms with E-state index >= 15 is 0 Å². The molecule has 2 fully saturated rings. The highest BCUT2D eigenvalue weighted by molar-refractivity contribution is 7.91. The molecule has 45 heavy (non-hydrogen) atoms. The van der Waals surface area contributed by atoms with Gasteiger partial charge < -0.3 is 20.7 Å². The van der Waals surface area contributed by atoms with Crippen LogP contribution in [-0.2, 0) is 19.4 Å². The first-order valence-electron chi connectivity index (χ1n) is 14.7. The number of nitrogens with one attached hydrogen (secondary N) is 1. The number of hydrogen-bond acceptors (Lipinski definition) is 7. The summed E-state index contributed by atoms with van der Waals surface area (Å²) in [6.45, 7) is -1.82. The summed E-state index contributed by atoms with van der Waals surface area (Å²) in [5, 5.41) is 12.5. The number of alkyl halides is 4. The minimum atomic E-state index is -3.48. The fourth-order valence-corrected chi connectivity index (χ4v) is 6.97. The number of sulfone groups is 1. The first kappa shape index (κ1) is 34.2. The number of amides is 2. The molecule has 0 aromatic heterocycles. The zero-order valence-electron chi connectivity index (χ0n) is 24.7. The summed E-state index contributed by atoms with van der Waals surface area (Å²) in [5.41, 5.74) is 7.20. The van der Waals surface area contributed by atoms with Crippen molar-refractivity contribution < 1.29 is 40.3 Å². The van der Waals surface area contributed by atoms with Gasteiger partial charge in [0.2, 0.25) is 17.7 Å². The van der Waals surface area contributed by atoms with Crippen LogP contribution in [0.5, 0.6) is 0 Å². The fraction of sp³-hybridized carbons (Fsp3) is 0.516. The first-order valence-corrected chi connectivity index (χ1v) is 16.4. The van der Waals surface area contributed by atoms with Gasteiger partial charge in [-0.05, 0) is 60.7 Å². The normalized spacial score (nSPS) is 21.0. The van der Waals surface area contributed by atoms with Gasteiger partial charge >= 0.3 is 6.61 Å². The molecule has 0 unspecified atom stereocenters. The number of benzene rings is 2. The Hall–Kier alpha value is -3.70. The molecule has 0 spiro atoms. The van der Waals surface area contributed by atoms with E-state index in [0.29, 0.717) is 16.8 Å². The number of halogens is 4. The van der Waals surface area contributed by atoms with Gasteiger partial charge in [0.05, 0.1) is 35.3 Å². The molecule has 3 N–H and O–H groups in total. The second-order valence-electron chi connectivity index (χ2n) is 11.5. The SMILES string of the molecule is CCS(=O)(=O)c1ccc([C@H](CC#N)c2cc(N3C[C@@H](C(=O)NC4CCC(F)(F)CC4)C[C@H]3COC(F)F)ccc2C(N)=O)cc1. The zero-order valence-corrected chi connectivity index (χ0v) is 25.5. The molecule has 4 rings (SSSR count). The molecule has 1 aliphatic heterocycles. The molecule has 1 saturated heterocycles. The molecule has 244 valence electrons. The van der Waals surface area contributed by atoms with Gasteiger partial charge in [-0.25, -0.2) is 17.2 Å². The summed E-state index contributed by atoms with van der Waals surface area (Å²) >= 11 is 0. The number of nitriles is 1. The predicted molar refractivity (Wildman–Crippen MR) is 158 cm³/mol. The van der Waals surface area contributed by atoms with Crippen molar-refractivity contribution in [1.82, 2.24) is 5.32 Å². The molecule has 2 aromatic rings. The molecule has 14 heteroatoms. The third kappa shape index (κ3) is 8.32. The van der Waals surface area contributed by atoms with E-state index in [-0.39, 0.29) is 67.2 Å². The molecule has 1 saturated carbocycles. The second-order valence-corrected chi connectivity index (χ2v) is 13.8. The Morgan fingerprint density at radius 2 is 1.82 bits per heavy atom. The largest absolute Gasteiger partial charge is 0.366 e. The van der Waals surface area contributed by atoms with E-state index in [4.69, 9.17) is 5.73 Å². The van der Waals surface area contributed by atoms with Crippen LogP contribution < -0.4 is 16.0 Å². The zero-order chi connectivity index (χ0) is 32.9. The first-order chi connectivity index (χ1) is 21.2. The van der Waals surface area contributed by atoms with Crippen LogP contribution in [0.3, 0.4) is 0 Å². The number of nitrogens with zero attached hydrogens (tertiary/aromatic N) is 2. The summed E-state index contributed by atoms with van der Waals surface area (Å²) in [6, 6.07) is 11.7. The van der Waals surface area contributed by atoms with Gasteiger partial charge in [-0.3, -0.25) is 9.59 Å². The smallest absolute Gasteiger partial charge is 0.345 e. The maximum absolute atomic E-state index is 13.6. The number of nitrogens with two attached hydrogens (primary N) is 1. The number of rotatable bonds is 12. The van der Waals surface area contributed by atoms with Crippen LogP contribution in [0.4, 0.5) is 23.2 Å². The van der Waals surface area contributed by atoms with Crippen LogP contribution in [0.25, 0.3) is 0 Å². The average molecular weight is 653 g/mol. The minimum absolute atomic E-state index is 0.0903. The van der Waals surface area contributed by atoms with Gasteiger partial charge in [-0.2, -0.15) is 14.0 Å². The van der Waals surface area contributed by atoms with Crippen molar-refractivity contribution in [3.63, 3.8) is 0 Å². The highest BCUT2D eigenvalue weighted by atomic mass is 32.2. The van der Waals surface area contributed by atoms with Gasteiger partial charge in [-0.15, -0.1) is 0 Å². The topological polar surface area (TPSA) is 143 Å². The Labute approximate surface area is 259 Å². The lowest BCUT2D eigenvalue weighted by Gasteiger charge is -2.29. The van der Waals surface area contributed by atoms with E-state index in [2.05, 4.69) is 16.1 Å². The number of anilines is 1. The highest BCUT2D eigenvalue weighted by Gasteiger charge is 2.40. The number of hydrogen-bond donors (Lipinski definition) is 2. The Morgan fingerprint density at radius 1 is 1.16 bits per heavy atom. The number of carbonyl (C=O) groups excluding carboxylic acids is 2. The quantitative estimate of drug-likeness (QED) is 0.315. The highest BCUT2D eigenvalue weighted by Crippen LogP contribution is 2.38. The van der Waals surface area contributed by atoms with Gasteiger partial charge in [0.25, 0.3) is 0 Å². The molecule has 9 nitrogen and oxygen atoms in total. The van der Waals surface area contributed by atoms with E-state index in [9.17, 15) is 40.8 Å². The van der Waals surface area contributed by atoms with Crippen molar-refractivity contribution in [2.24, 2.45) is 11.7 Å². The van der Waals surface area contributed by atoms with Crippen molar-refractivity contribution in [2.45, 2.75) is 80.9 Å². The standard InChI is InChI=1S/C31H36F4N4O5S/c1-2-45(42,43)24-6-3-19(4-7-24)25(11-14-36)27-16-22(5-8-26(27)28(37)40)39-17-20(15-23(39)18-44-30(32)33)29(41)38-21-9-12-31(34,35)13-10-21/h3-8,16,20-21,23,25,30H,2,9-13,15,17-18H2,1H3,(H2,37,40)(H,38,41)/t20-,23-,25-/m0/s1. The number of carbonyl (C=O) groups is 2. The molecular weight excluding hydrogens is 616 g/mol. The Balaban J connectivity index is 1.65. The minimum Gasteiger partial charge on any atom is -0.366 e. The van der Waals surface area contributed by atoms with Crippen LogP contribution in [-0.4, -0.2) is 63.8 Å². The Bertz CT molecular complexity index is 1520. The van der Waals surface area contributed by atoms with Gasteiger partial charge in [-0.1, -0.05) is 19.1 Å². The lowest BCUT2D eigenvalue weighted by molar-refractivity contribution is -0.132. The van der Waals surface area contributed by atoms with E-state index in [1.54, 1.807) is 29.2 Å². The van der Waals surface area contributed by atoms with Gasteiger partial charge in [0.1, 0.15) is 0 Å². The van der Waals surface area contributed by atoms with E-state index in [1.165, 1.54) is 25.1 Å². The lowest BCUT2D eigenvalue weighted by Crippen LogP contribution is -2.43. The van der Waals surface area contributed by atoms with Crippen molar-refractivity contribution in [1.29, 1.82) is 5.26 Å². The molecule has 1 aliphatic carbocycles. The van der Waals surface area contributed by atoms with E-state index < -0.39 is 58.8 Å². The van der Waals surface area contributed by atoms with Crippen LogP contribution in [0.2, 0.25) is 0 Å². The van der Waals surface area contributed by atoms with Crippen LogP contribution in [0, 0.1) is 17.2 Å². The summed E-state index contributed by atoms with van der Waals surface area (Å²) < 4.78 is 82.5. The monoisotopic (exact) mass is 652 g/mol. The van der Waals surface area contributed by atoms with E-state index in [1.807, 2.05) is 0 Å². The number of primary amides is 1.